The van der Waals surface area contributed by atoms with Gasteiger partial charge in [-0.1, -0.05) is 46.8 Å². The van der Waals surface area contributed by atoms with Crippen molar-refractivity contribution in [3.05, 3.63) is 66.7 Å². The minimum absolute atomic E-state index is 0. The zero-order chi connectivity index (χ0) is 15.1. The molecule has 23 heavy (non-hydrogen) atoms. The largest absolute Gasteiger partial charge is 0.497 e. The predicted molar refractivity (Wildman–Crippen MR) is 91.2 cm³/mol. The van der Waals surface area contributed by atoms with E-state index in [1.807, 2.05) is 12.1 Å². The maximum atomic E-state index is 5.22. The Labute approximate surface area is 165 Å². The van der Waals surface area contributed by atoms with Crippen molar-refractivity contribution >= 4 is 21.8 Å². The van der Waals surface area contributed by atoms with Gasteiger partial charge in [0.05, 0.1) is 7.11 Å². The van der Waals surface area contributed by atoms with Gasteiger partial charge in [0.25, 0.3) is 0 Å². The molecule has 119 valence electrons. The van der Waals surface area contributed by atoms with Crippen LogP contribution in [0.15, 0.2) is 60.7 Å². The summed E-state index contributed by atoms with van der Waals surface area (Å²) >= 11 is 0. The molecule has 0 fully saturated rings. The van der Waals surface area contributed by atoms with Crippen LogP contribution in [-0.4, -0.2) is 11.7 Å². The van der Waals surface area contributed by atoms with Crippen molar-refractivity contribution in [1.29, 1.82) is 0 Å². The Kier molecular flexibility index (Phi) is 4.67. The number of aryl methyl sites for hydroxylation is 1. The van der Waals surface area contributed by atoms with E-state index >= 15 is 0 Å². The van der Waals surface area contributed by atoms with Gasteiger partial charge < -0.3 is 9.30 Å². The zero-order valence-electron chi connectivity index (χ0n) is 12.9. The Morgan fingerprint density at radius 3 is 2.39 bits per heavy atom. The Hall–Kier alpha value is -1.48. The number of rotatable bonds is 2. The summed E-state index contributed by atoms with van der Waals surface area (Å²) in [6.45, 7) is 0. The number of aromatic nitrogens is 1. The Morgan fingerprint density at radius 1 is 0.913 bits per heavy atom. The van der Waals surface area contributed by atoms with Gasteiger partial charge >= 0.3 is 0 Å². The van der Waals surface area contributed by atoms with Crippen LogP contribution in [-0.2, 0) is 7.05 Å². The molecule has 4 rings (SSSR count). The van der Waals surface area contributed by atoms with Crippen molar-refractivity contribution < 1.29 is 42.5 Å². The van der Waals surface area contributed by atoms with Crippen LogP contribution in [0.4, 0.5) is 0 Å². The van der Waals surface area contributed by atoms with Crippen LogP contribution in [0.3, 0.4) is 0 Å². The second kappa shape index (κ2) is 6.56. The SMILES string of the molecule is COc1ccc(-c2c[c-]c3c4ccccc4n(C)c3c2)cc1.[Ho]. The molecule has 0 atom stereocenters. The summed E-state index contributed by atoms with van der Waals surface area (Å²) in [6.07, 6.45) is 0. The number of para-hydroxylation sites is 1. The van der Waals surface area contributed by atoms with Gasteiger partial charge in [0.1, 0.15) is 5.75 Å². The first kappa shape index (κ1) is 16.4. The molecule has 0 amide bonds. The van der Waals surface area contributed by atoms with Gasteiger partial charge in [-0.15, -0.1) is 23.6 Å². The Bertz CT molecular complexity index is 970. The third-order valence-corrected chi connectivity index (χ3v) is 4.24. The number of nitrogens with zero attached hydrogens (tertiary/aromatic N) is 1. The minimum Gasteiger partial charge on any atom is -0.497 e. The molecule has 0 spiro atoms. The van der Waals surface area contributed by atoms with E-state index in [4.69, 9.17) is 4.74 Å². The Balaban J connectivity index is 0.00000156. The van der Waals surface area contributed by atoms with E-state index in [0.717, 1.165) is 5.75 Å². The molecule has 3 aromatic carbocycles. The summed E-state index contributed by atoms with van der Waals surface area (Å²) in [4.78, 5) is 0. The first-order valence-corrected chi connectivity index (χ1v) is 7.31. The fraction of sp³-hybridized carbons (Fsp3) is 0.100. The molecule has 0 aliphatic heterocycles. The van der Waals surface area contributed by atoms with Gasteiger partial charge in [-0.2, -0.15) is 0 Å². The molecular weight excluding hydrogens is 435 g/mol. The summed E-state index contributed by atoms with van der Waals surface area (Å²) in [5.41, 5.74) is 4.78. The first-order chi connectivity index (χ1) is 10.8. The molecular formula is C20H16HoNO-. The molecule has 0 bridgehead atoms. The van der Waals surface area contributed by atoms with E-state index in [1.54, 1.807) is 7.11 Å². The molecule has 0 N–H and O–H groups in total. The summed E-state index contributed by atoms with van der Waals surface area (Å²) in [5, 5.41) is 2.43. The molecule has 4 aromatic rings. The molecule has 2 nitrogen and oxygen atoms in total. The van der Waals surface area contributed by atoms with Crippen LogP contribution >= 0.6 is 0 Å². The quantitative estimate of drug-likeness (QED) is 0.315. The zero-order valence-corrected chi connectivity index (χ0v) is 14.9. The first-order valence-electron chi connectivity index (χ1n) is 7.31. The number of ether oxygens (including phenoxy) is 1. The third kappa shape index (κ3) is 2.76. The molecule has 0 aliphatic carbocycles. The van der Waals surface area contributed by atoms with E-state index in [0.29, 0.717) is 0 Å². The molecule has 0 saturated heterocycles. The van der Waals surface area contributed by atoms with E-state index < -0.39 is 0 Å². The van der Waals surface area contributed by atoms with Crippen molar-refractivity contribution in [3.8, 4) is 16.9 Å². The average molecular weight is 451 g/mol. The number of methoxy groups -OCH3 is 1. The van der Waals surface area contributed by atoms with E-state index in [2.05, 4.69) is 66.2 Å². The van der Waals surface area contributed by atoms with Gasteiger partial charge in [0.2, 0.25) is 0 Å². The summed E-state index contributed by atoms with van der Waals surface area (Å²) in [6, 6.07) is 24.3. The van der Waals surface area contributed by atoms with Crippen molar-refractivity contribution in [3.63, 3.8) is 0 Å². The average Bonchev–Trinajstić information content (AvgIpc) is 2.88. The normalized spacial score (nSPS) is 10.7. The molecule has 1 aromatic heterocycles. The fourth-order valence-electron chi connectivity index (χ4n) is 3.02. The third-order valence-electron chi connectivity index (χ3n) is 4.24. The van der Waals surface area contributed by atoms with Crippen LogP contribution in [0, 0.1) is 43.8 Å². The van der Waals surface area contributed by atoms with Gasteiger partial charge in [0.15, 0.2) is 0 Å². The number of hydrogen-bond acceptors (Lipinski definition) is 1. The molecule has 3 heteroatoms. The van der Waals surface area contributed by atoms with Crippen LogP contribution in [0.5, 0.6) is 5.75 Å². The van der Waals surface area contributed by atoms with Crippen molar-refractivity contribution in [1.82, 2.24) is 4.57 Å². The molecule has 0 saturated carbocycles. The minimum atomic E-state index is 0. The van der Waals surface area contributed by atoms with Crippen LogP contribution < -0.4 is 4.74 Å². The van der Waals surface area contributed by atoms with E-state index in [1.165, 1.54) is 32.9 Å². The van der Waals surface area contributed by atoms with Crippen molar-refractivity contribution in [2.75, 3.05) is 7.11 Å². The van der Waals surface area contributed by atoms with Crippen LogP contribution in [0.2, 0.25) is 0 Å². The van der Waals surface area contributed by atoms with Gasteiger partial charge in [-0.25, -0.2) is 0 Å². The van der Waals surface area contributed by atoms with E-state index in [9.17, 15) is 0 Å². The van der Waals surface area contributed by atoms with Crippen LogP contribution in [0.25, 0.3) is 32.9 Å². The Morgan fingerprint density at radius 2 is 1.65 bits per heavy atom. The van der Waals surface area contributed by atoms with Gasteiger partial charge in [0, 0.05) is 44.8 Å². The van der Waals surface area contributed by atoms with Crippen LogP contribution in [0.1, 0.15) is 0 Å². The summed E-state index contributed by atoms with van der Waals surface area (Å²) < 4.78 is 7.45. The van der Waals surface area contributed by atoms with E-state index in [-0.39, 0.29) is 37.7 Å². The maximum Gasteiger partial charge on any atom is 0.118 e. The molecule has 0 unspecified atom stereocenters. The smallest absolute Gasteiger partial charge is 0.118 e. The fourth-order valence-corrected chi connectivity index (χ4v) is 3.02. The monoisotopic (exact) mass is 451 g/mol. The second-order valence-electron chi connectivity index (χ2n) is 5.45. The number of hydrogen-bond donors (Lipinski definition) is 0. The topological polar surface area (TPSA) is 14.2 Å². The van der Waals surface area contributed by atoms with Gasteiger partial charge in [-0.3, -0.25) is 0 Å². The second-order valence-corrected chi connectivity index (χ2v) is 5.45. The predicted octanol–water partition coefficient (Wildman–Crippen LogP) is 4.81. The molecule has 1 radical (unpaired) electrons. The number of benzene rings is 3. The summed E-state index contributed by atoms with van der Waals surface area (Å²) in [5.74, 6) is 0.874. The standard InChI is InChI=1S/C20H16NO.Ho/c1-21-19-6-4-3-5-17(19)18-12-9-15(13-20(18)21)14-7-10-16(22-2)11-8-14;/h3-11,13H,1-2H3;/q-1;. The van der Waals surface area contributed by atoms with Crippen molar-refractivity contribution in [2.45, 2.75) is 0 Å². The molecule has 0 aliphatic rings. The van der Waals surface area contributed by atoms with Crippen molar-refractivity contribution in [2.24, 2.45) is 7.05 Å². The van der Waals surface area contributed by atoms with Gasteiger partial charge in [-0.05, 0) is 29.2 Å². The molecule has 1 heterocycles. The maximum absolute atomic E-state index is 5.22. The summed E-state index contributed by atoms with van der Waals surface area (Å²) in [7, 11) is 3.79. The number of fused-ring (bicyclic) bond motifs is 3.